The number of nitrogens with zero attached hydrogens (tertiary/aromatic N) is 2. The first-order valence-electron chi connectivity index (χ1n) is 9.60. The molecule has 0 bridgehead atoms. The smallest absolute Gasteiger partial charge is 0.222 e. The molecule has 0 spiro atoms. The van der Waals surface area contributed by atoms with E-state index in [1.165, 1.54) is 12.5 Å². The Labute approximate surface area is 172 Å². The molecule has 2 N–H and O–H groups in total. The molecule has 1 aliphatic rings. The predicted molar refractivity (Wildman–Crippen MR) is 119 cm³/mol. The fourth-order valence-electron chi connectivity index (χ4n) is 3.32. The molecule has 1 heterocycles. The molecule has 28 heavy (non-hydrogen) atoms. The van der Waals surface area contributed by atoms with E-state index in [9.17, 15) is 4.79 Å². The van der Waals surface area contributed by atoms with Crippen LogP contribution in [0.25, 0.3) is 11.1 Å². The third-order valence-corrected chi connectivity index (χ3v) is 5.27. The Kier molecular flexibility index (Phi) is 6.78. The fraction of sp³-hybridized carbons (Fsp3) is 0.364. The number of hydrogen-bond donors (Lipinski definition) is 2. The van der Waals surface area contributed by atoms with Crippen LogP contribution in [0.5, 0.6) is 0 Å². The quantitative estimate of drug-likeness (QED) is 0.777. The second-order valence-corrected chi connectivity index (χ2v) is 7.85. The summed E-state index contributed by atoms with van der Waals surface area (Å²) in [6.45, 7) is 8.98. The van der Waals surface area contributed by atoms with Gasteiger partial charge >= 0.3 is 0 Å². The van der Waals surface area contributed by atoms with Gasteiger partial charge in [0.15, 0.2) is 5.11 Å². The number of amides is 1. The van der Waals surface area contributed by atoms with Gasteiger partial charge in [-0.05, 0) is 54.5 Å². The van der Waals surface area contributed by atoms with Gasteiger partial charge in [-0.3, -0.25) is 9.69 Å². The highest BCUT2D eigenvalue weighted by atomic mass is 32.1. The fourth-order valence-corrected chi connectivity index (χ4v) is 3.57. The van der Waals surface area contributed by atoms with Crippen molar-refractivity contribution in [3.8, 4) is 11.1 Å². The maximum absolute atomic E-state index is 11.2. The summed E-state index contributed by atoms with van der Waals surface area (Å²) in [7, 11) is 2.18. The average Bonchev–Trinajstić information content (AvgIpc) is 2.65. The van der Waals surface area contributed by atoms with Crippen LogP contribution in [0.1, 0.15) is 18.1 Å². The number of hydrogen-bond acceptors (Lipinski definition) is 4. The van der Waals surface area contributed by atoms with Gasteiger partial charge in [-0.15, -0.1) is 0 Å². The SMILES string of the molecule is CC(=O)NC(=S)Nc1cc(-c2ccc(CN3CCN(C)CC3)cc2)ccc1C. The number of rotatable bonds is 4. The van der Waals surface area contributed by atoms with Crippen LogP contribution in [0.15, 0.2) is 42.5 Å². The lowest BCUT2D eigenvalue weighted by molar-refractivity contribution is -0.117. The summed E-state index contributed by atoms with van der Waals surface area (Å²) in [6, 6.07) is 15.0. The standard InChI is InChI=1S/C22H28N4OS/c1-16-4-7-20(14-21(16)24-22(28)23-17(2)27)19-8-5-18(6-9-19)15-26-12-10-25(3)11-13-26/h4-9,14H,10-13,15H2,1-3H3,(H2,23,24,27,28). The van der Waals surface area contributed by atoms with Crippen LogP contribution in [0, 0.1) is 6.92 Å². The molecule has 0 unspecified atom stereocenters. The summed E-state index contributed by atoms with van der Waals surface area (Å²) in [5.41, 5.74) is 5.59. The molecule has 1 amide bonds. The Morgan fingerprint density at radius 2 is 1.68 bits per heavy atom. The lowest BCUT2D eigenvalue weighted by atomic mass is 10.0. The number of carbonyl (C=O) groups excluding carboxylic acids is 1. The van der Waals surface area contributed by atoms with E-state index >= 15 is 0 Å². The van der Waals surface area contributed by atoms with Crippen LogP contribution in [-0.2, 0) is 11.3 Å². The van der Waals surface area contributed by atoms with Crippen LogP contribution in [-0.4, -0.2) is 54.0 Å². The van der Waals surface area contributed by atoms with Crippen molar-refractivity contribution in [2.75, 3.05) is 38.5 Å². The highest BCUT2D eigenvalue weighted by Gasteiger charge is 2.14. The minimum Gasteiger partial charge on any atom is -0.332 e. The molecule has 0 aliphatic carbocycles. The summed E-state index contributed by atoms with van der Waals surface area (Å²) in [5.74, 6) is -0.178. The number of aryl methyl sites for hydroxylation is 1. The second-order valence-electron chi connectivity index (χ2n) is 7.44. The molecule has 5 nitrogen and oxygen atoms in total. The van der Waals surface area contributed by atoms with Gasteiger partial charge in [-0.2, -0.15) is 0 Å². The van der Waals surface area contributed by atoms with E-state index in [-0.39, 0.29) is 5.91 Å². The van der Waals surface area contributed by atoms with Crippen LogP contribution >= 0.6 is 12.2 Å². The van der Waals surface area contributed by atoms with Crippen molar-refractivity contribution in [1.82, 2.24) is 15.1 Å². The summed E-state index contributed by atoms with van der Waals surface area (Å²) in [6.07, 6.45) is 0. The van der Waals surface area contributed by atoms with E-state index in [0.717, 1.165) is 55.1 Å². The molecule has 0 aromatic heterocycles. The number of carbonyl (C=O) groups is 1. The number of thiocarbonyl (C=S) groups is 1. The first-order valence-corrected chi connectivity index (χ1v) is 10.0. The molecular formula is C22H28N4OS. The van der Waals surface area contributed by atoms with E-state index in [1.807, 2.05) is 6.92 Å². The van der Waals surface area contributed by atoms with E-state index < -0.39 is 0 Å². The zero-order valence-electron chi connectivity index (χ0n) is 16.8. The van der Waals surface area contributed by atoms with Gasteiger partial charge < -0.3 is 15.5 Å². The van der Waals surface area contributed by atoms with Crippen LogP contribution in [0.3, 0.4) is 0 Å². The molecule has 148 valence electrons. The molecule has 0 atom stereocenters. The van der Waals surface area contributed by atoms with Gasteiger partial charge in [-0.25, -0.2) is 0 Å². The summed E-state index contributed by atoms with van der Waals surface area (Å²) < 4.78 is 0. The zero-order chi connectivity index (χ0) is 20.1. The summed E-state index contributed by atoms with van der Waals surface area (Å²) >= 11 is 5.18. The molecule has 6 heteroatoms. The normalized spacial score (nSPS) is 15.2. The maximum Gasteiger partial charge on any atom is 0.222 e. The van der Waals surface area contributed by atoms with Crippen LogP contribution in [0.4, 0.5) is 5.69 Å². The summed E-state index contributed by atoms with van der Waals surface area (Å²) in [4.78, 5) is 16.0. The van der Waals surface area contributed by atoms with Crippen molar-refractivity contribution in [1.29, 1.82) is 0 Å². The predicted octanol–water partition coefficient (Wildman–Crippen LogP) is 3.24. The molecule has 2 aromatic carbocycles. The monoisotopic (exact) mass is 396 g/mol. The molecule has 1 fully saturated rings. The van der Waals surface area contributed by atoms with Gasteiger partial charge in [-0.1, -0.05) is 36.4 Å². The first-order chi connectivity index (χ1) is 13.4. The van der Waals surface area contributed by atoms with Gasteiger partial charge in [0.25, 0.3) is 0 Å². The third-order valence-electron chi connectivity index (χ3n) is 5.06. The van der Waals surface area contributed by atoms with Crippen LogP contribution < -0.4 is 10.6 Å². The second kappa shape index (κ2) is 9.28. The lowest BCUT2D eigenvalue weighted by Crippen LogP contribution is -2.43. The topological polar surface area (TPSA) is 47.6 Å². The third kappa shape index (κ3) is 5.61. The Morgan fingerprint density at radius 1 is 1.04 bits per heavy atom. The maximum atomic E-state index is 11.2. The Balaban J connectivity index is 1.68. The zero-order valence-corrected chi connectivity index (χ0v) is 17.6. The molecule has 2 aromatic rings. The van der Waals surface area contributed by atoms with Crippen molar-refractivity contribution < 1.29 is 4.79 Å². The van der Waals surface area contributed by atoms with E-state index in [1.54, 1.807) is 0 Å². The Hall–Kier alpha value is -2.28. The van der Waals surface area contributed by atoms with E-state index in [0.29, 0.717) is 5.11 Å². The number of benzene rings is 2. The number of likely N-dealkylation sites (N-methyl/N-ethyl adjacent to an activating group) is 1. The molecular weight excluding hydrogens is 368 g/mol. The van der Waals surface area contributed by atoms with Gasteiger partial charge in [0.05, 0.1) is 0 Å². The Bertz CT molecular complexity index is 842. The van der Waals surface area contributed by atoms with Crippen molar-refractivity contribution in [2.24, 2.45) is 0 Å². The minimum atomic E-state index is -0.178. The Morgan fingerprint density at radius 3 is 2.32 bits per heavy atom. The summed E-state index contributed by atoms with van der Waals surface area (Å²) in [5, 5.41) is 6.03. The number of anilines is 1. The van der Waals surface area contributed by atoms with Crippen molar-refractivity contribution in [3.63, 3.8) is 0 Å². The van der Waals surface area contributed by atoms with Crippen molar-refractivity contribution >= 4 is 28.9 Å². The number of piperazine rings is 1. The highest BCUT2D eigenvalue weighted by Crippen LogP contribution is 2.26. The molecule has 1 saturated heterocycles. The van der Waals surface area contributed by atoms with Gasteiger partial charge in [0.2, 0.25) is 5.91 Å². The molecule has 0 saturated carbocycles. The molecule has 3 rings (SSSR count). The van der Waals surface area contributed by atoms with Crippen molar-refractivity contribution in [2.45, 2.75) is 20.4 Å². The number of nitrogens with one attached hydrogen (secondary N) is 2. The lowest BCUT2D eigenvalue weighted by Gasteiger charge is -2.32. The van der Waals surface area contributed by atoms with Gasteiger partial charge in [0.1, 0.15) is 0 Å². The molecule has 1 aliphatic heterocycles. The minimum absolute atomic E-state index is 0.178. The van der Waals surface area contributed by atoms with Crippen molar-refractivity contribution in [3.05, 3.63) is 53.6 Å². The van der Waals surface area contributed by atoms with Crippen LogP contribution in [0.2, 0.25) is 0 Å². The van der Waals surface area contributed by atoms with E-state index in [4.69, 9.17) is 12.2 Å². The highest BCUT2D eigenvalue weighted by molar-refractivity contribution is 7.80. The average molecular weight is 397 g/mol. The largest absolute Gasteiger partial charge is 0.332 e. The first kappa shape index (κ1) is 20.5. The van der Waals surface area contributed by atoms with E-state index in [2.05, 4.69) is 69.9 Å². The van der Waals surface area contributed by atoms with Gasteiger partial charge in [0, 0.05) is 45.3 Å². The molecule has 0 radical (unpaired) electrons.